The highest BCUT2D eigenvalue weighted by atomic mass is 32.2. The Bertz CT molecular complexity index is 500. The number of amidine groups is 1. The number of thioether (sulfide) groups is 1. The van der Waals surface area contributed by atoms with Crippen LogP contribution in [0.5, 0.6) is 0 Å². The number of benzene rings is 1. The van der Waals surface area contributed by atoms with Crippen molar-refractivity contribution in [1.29, 1.82) is 0 Å². The molecule has 0 spiro atoms. The van der Waals surface area contributed by atoms with Crippen LogP contribution < -0.4 is 10.6 Å². The predicted octanol–water partition coefficient (Wildman–Crippen LogP) is 3.66. The Morgan fingerprint density at radius 2 is 2.19 bits per heavy atom. The summed E-state index contributed by atoms with van der Waals surface area (Å²) in [7, 11) is 0. The topological polar surface area (TPSA) is 61.8 Å². The number of unbranched alkanes of at least 4 members (excludes halogenated alkanes) is 1. The molecule has 1 aliphatic rings. The monoisotopic (exact) mass is 307 g/mol. The minimum Gasteiger partial charge on any atom is -0.409 e. The normalized spacial score (nSPS) is 15.2. The fourth-order valence-electron chi connectivity index (χ4n) is 2.56. The van der Waals surface area contributed by atoms with Gasteiger partial charge >= 0.3 is 0 Å². The highest BCUT2D eigenvalue weighted by Gasteiger charge is 2.31. The summed E-state index contributed by atoms with van der Waals surface area (Å²) in [6.45, 7) is 5.36. The zero-order valence-corrected chi connectivity index (χ0v) is 13.7. The molecule has 0 atom stereocenters. The Balaban J connectivity index is 2.42. The number of nitrogens with zero attached hydrogens (tertiary/aromatic N) is 2. The smallest absolute Gasteiger partial charge is 0.173 e. The molecule has 1 aromatic carbocycles. The molecule has 0 heterocycles. The van der Waals surface area contributed by atoms with Gasteiger partial charge in [-0.1, -0.05) is 31.5 Å². The van der Waals surface area contributed by atoms with Crippen molar-refractivity contribution in [3.05, 3.63) is 23.8 Å². The molecule has 116 valence electrons. The Kier molecular flexibility index (Phi) is 5.79. The van der Waals surface area contributed by atoms with Gasteiger partial charge in [0, 0.05) is 23.2 Å². The molecule has 1 aliphatic carbocycles. The lowest BCUT2D eigenvalue weighted by Gasteiger charge is -2.28. The second-order valence-electron chi connectivity index (χ2n) is 5.35. The van der Waals surface area contributed by atoms with E-state index in [0.717, 1.165) is 34.9 Å². The molecule has 0 unspecified atom stereocenters. The number of hydrogen-bond donors (Lipinski definition) is 2. The number of oxime groups is 1. The summed E-state index contributed by atoms with van der Waals surface area (Å²) in [5, 5.41) is 12.4. The van der Waals surface area contributed by atoms with Gasteiger partial charge in [0.15, 0.2) is 5.84 Å². The summed E-state index contributed by atoms with van der Waals surface area (Å²) in [4.78, 5) is 3.53. The molecule has 4 nitrogen and oxygen atoms in total. The molecule has 1 saturated carbocycles. The molecule has 2 rings (SSSR count). The average molecular weight is 307 g/mol. The van der Waals surface area contributed by atoms with Crippen LogP contribution >= 0.6 is 11.8 Å². The van der Waals surface area contributed by atoms with E-state index in [1.54, 1.807) is 11.8 Å². The molecule has 0 aromatic heterocycles. The average Bonchev–Trinajstić information content (AvgIpc) is 3.32. The lowest BCUT2D eigenvalue weighted by Crippen LogP contribution is -2.30. The van der Waals surface area contributed by atoms with Gasteiger partial charge in [-0.05, 0) is 37.1 Å². The molecule has 21 heavy (non-hydrogen) atoms. The summed E-state index contributed by atoms with van der Waals surface area (Å²) in [6.07, 6.45) is 4.82. The largest absolute Gasteiger partial charge is 0.409 e. The lowest BCUT2D eigenvalue weighted by molar-refractivity contribution is 0.318. The summed E-state index contributed by atoms with van der Waals surface area (Å²) >= 11 is 1.73. The van der Waals surface area contributed by atoms with Crippen LogP contribution in [0.15, 0.2) is 28.3 Å². The van der Waals surface area contributed by atoms with E-state index in [9.17, 15) is 0 Å². The summed E-state index contributed by atoms with van der Waals surface area (Å²) in [6, 6.07) is 6.84. The molecule has 0 bridgehead atoms. The lowest BCUT2D eigenvalue weighted by atomic mass is 10.1. The minimum absolute atomic E-state index is 0.212. The Morgan fingerprint density at radius 1 is 1.43 bits per heavy atom. The third-order valence-electron chi connectivity index (χ3n) is 3.72. The van der Waals surface area contributed by atoms with Gasteiger partial charge in [-0.2, -0.15) is 0 Å². The van der Waals surface area contributed by atoms with E-state index >= 15 is 0 Å². The van der Waals surface area contributed by atoms with E-state index in [1.807, 2.05) is 0 Å². The number of rotatable bonds is 8. The molecule has 0 saturated heterocycles. The predicted molar refractivity (Wildman–Crippen MR) is 90.6 cm³/mol. The summed E-state index contributed by atoms with van der Waals surface area (Å²) in [5.74, 6) is 1.18. The van der Waals surface area contributed by atoms with Gasteiger partial charge in [-0.15, -0.1) is 11.8 Å². The maximum atomic E-state index is 9.15. The van der Waals surface area contributed by atoms with Crippen molar-refractivity contribution >= 4 is 23.3 Å². The maximum absolute atomic E-state index is 9.15. The Hall–Kier alpha value is -1.36. The first-order valence-electron chi connectivity index (χ1n) is 7.73. The van der Waals surface area contributed by atoms with Crippen LogP contribution in [0.2, 0.25) is 0 Å². The van der Waals surface area contributed by atoms with E-state index in [4.69, 9.17) is 10.9 Å². The molecular formula is C16H25N3OS. The van der Waals surface area contributed by atoms with Gasteiger partial charge in [0.1, 0.15) is 0 Å². The van der Waals surface area contributed by atoms with E-state index in [2.05, 4.69) is 42.1 Å². The zero-order valence-electron chi connectivity index (χ0n) is 12.9. The molecule has 0 amide bonds. The van der Waals surface area contributed by atoms with Gasteiger partial charge in [0.05, 0.1) is 5.56 Å². The van der Waals surface area contributed by atoms with Crippen LogP contribution in [0.3, 0.4) is 0 Å². The first-order chi connectivity index (χ1) is 10.2. The van der Waals surface area contributed by atoms with Crippen molar-refractivity contribution in [3.8, 4) is 0 Å². The number of anilines is 1. The van der Waals surface area contributed by atoms with Crippen LogP contribution in [0.1, 0.15) is 45.1 Å². The summed E-state index contributed by atoms with van der Waals surface area (Å²) in [5.41, 5.74) is 7.97. The Labute approximate surface area is 131 Å². The highest BCUT2D eigenvalue weighted by Crippen LogP contribution is 2.37. The first-order valence-corrected chi connectivity index (χ1v) is 8.71. The van der Waals surface area contributed by atoms with Crippen LogP contribution in [0.4, 0.5) is 5.69 Å². The maximum Gasteiger partial charge on any atom is 0.173 e. The molecule has 5 heteroatoms. The van der Waals surface area contributed by atoms with Gasteiger partial charge in [-0.3, -0.25) is 0 Å². The number of nitrogens with two attached hydrogens (primary N) is 1. The van der Waals surface area contributed by atoms with Gasteiger partial charge < -0.3 is 15.8 Å². The third-order valence-corrected chi connectivity index (χ3v) is 4.66. The number of hydrogen-bond acceptors (Lipinski definition) is 4. The van der Waals surface area contributed by atoms with E-state index in [-0.39, 0.29) is 5.84 Å². The van der Waals surface area contributed by atoms with Crippen molar-refractivity contribution in [2.24, 2.45) is 10.9 Å². The summed E-state index contributed by atoms with van der Waals surface area (Å²) < 4.78 is 0. The molecule has 0 aliphatic heterocycles. The van der Waals surface area contributed by atoms with Crippen molar-refractivity contribution < 1.29 is 5.21 Å². The van der Waals surface area contributed by atoms with Gasteiger partial charge in [0.25, 0.3) is 0 Å². The van der Waals surface area contributed by atoms with Crippen LogP contribution in [0.25, 0.3) is 0 Å². The molecular weight excluding hydrogens is 282 g/mol. The van der Waals surface area contributed by atoms with Crippen LogP contribution in [0, 0.1) is 0 Å². The minimum atomic E-state index is 0.212. The van der Waals surface area contributed by atoms with E-state index in [0.29, 0.717) is 6.04 Å². The fourth-order valence-corrected chi connectivity index (χ4v) is 3.40. The second kappa shape index (κ2) is 7.59. The molecule has 0 radical (unpaired) electrons. The SMILES string of the molecule is CCCCN(c1cccc(SCC)c1/C(N)=N/O)C1CC1. The first kappa shape index (κ1) is 16.0. The fraction of sp³-hybridized carbons (Fsp3) is 0.562. The second-order valence-corrected chi connectivity index (χ2v) is 6.65. The van der Waals surface area contributed by atoms with Crippen LogP contribution in [-0.2, 0) is 0 Å². The van der Waals surface area contributed by atoms with Crippen LogP contribution in [-0.4, -0.2) is 29.4 Å². The highest BCUT2D eigenvalue weighted by molar-refractivity contribution is 7.99. The molecule has 1 fully saturated rings. The van der Waals surface area contributed by atoms with Crippen molar-refractivity contribution in [3.63, 3.8) is 0 Å². The van der Waals surface area contributed by atoms with Crippen molar-refractivity contribution in [1.82, 2.24) is 0 Å². The van der Waals surface area contributed by atoms with Gasteiger partial charge in [0.2, 0.25) is 0 Å². The van der Waals surface area contributed by atoms with Gasteiger partial charge in [-0.25, -0.2) is 0 Å². The van der Waals surface area contributed by atoms with E-state index in [1.165, 1.54) is 19.3 Å². The third kappa shape index (κ3) is 3.84. The molecule has 1 aromatic rings. The molecule has 3 N–H and O–H groups in total. The van der Waals surface area contributed by atoms with Crippen molar-refractivity contribution in [2.75, 3.05) is 17.2 Å². The van der Waals surface area contributed by atoms with Crippen molar-refractivity contribution in [2.45, 2.75) is 50.5 Å². The standard InChI is InChI=1S/C16H25N3OS/c1-3-5-11-19(12-9-10-12)13-7-6-8-14(21-4-2)15(13)16(17)18-20/h6-8,12,20H,3-5,9-11H2,1-2H3,(H2,17,18). The van der Waals surface area contributed by atoms with E-state index < -0.39 is 0 Å². The zero-order chi connectivity index (χ0) is 15.2. The quantitative estimate of drug-likeness (QED) is 0.253. The Morgan fingerprint density at radius 3 is 2.76 bits per heavy atom.